The molecule has 0 aromatic carbocycles. The standard InChI is InChI=1S/C15H21NO4/c1-4-5-15(14(18)19)6-7-16(9-15)13(17)12-8-10(2)20-11(12)3/h8H,4-7,9H2,1-3H3,(H,18,19). The van der Waals surface area contributed by atoms with Crippen molar-refractivity contribution in [2.75, 3.05) is 13.1 Å². The zero-order chi connectivity index (χ0) is 14.9. The van der Waals surface area contributed by atoms with E-state index in [1.807, 2.05) is 6.92 Å². The van der Waals surface area contributed by atoms with Gasteiger partial charge in [0.05, 0.1) is 11.0 Å². The van der Waals surface area contributed by atoms with Crippen LogP contribution in [0.15, 0.2) is 10.5 Å². The molecular formula is C15H21NO4. The quantitative estimate of drug-likeness (QED) is 0.919. The van der Waals surface area contributed by atoms with Crippen LogP contribution in [0.1, 0.15) is 48.1 Å². The molecule has 2 rings (SSSR count). The van der Waals surface area contributed by atoms with Gasteiger partial charge in [0.15, 0.2) is 0 Å². The lowest BCUT2D eigenvalue weighted by molar-refractivity contribution is -0.148. The largest absolute Gasteiger partial charge is 0.481 e. The number of furan rings is 1. The molecule has 5 nitrogen and oxygen atoms in total. The van der Waals surface area contributed by atoms with Crippen LogP contribution < -0.4 is 0 Å². The first kappa shape index (κ1) is 14.6. The second kappa shape index (κ2) is 5.31. The van der Waals surface area contributed by atoms with Gasteiger partial charge < -0.3 is 14.4 Å². The molecule has 1 aromatic heterocycles. The second-order valence-electron chi connectivity index (χ2n) is 5.64. The van der Waals surface area contributed by atoms with Gasteiger partial charge in [-0.2, -0.15) is 0 Å². The predicted molar refractivity (Wildman–Crippen MR) is 73.7 cm³/mol. The summed E-state index contributed by atoms with van der Waals surface area (Å²) in [6, 6.07) is 1.72. The molecule has 5 heteroatoms. The Labute approximate surface area is 118 Å². The second-order valence-corrected chi connectivity index (χ2v) is 5.64. The van der Waals surface area contributed by atoms with E-state index in [0.29, 0.717) is 43.0 Å². The number of aryl methyl sites for hydroxylation is 2. The number of carbonyl (C=O) groups excluding carboxylic acids is 1. The van der Waals surface area contributed by atoms with E-state index in [2.05, 4.69) is 0 Å². The summed E-state index contributed by atoms with van der Waals surface area (Å²) in [7, 11) is 0. The van der Waals surface area contributed by atoms with E-state index < -0.39 is 11.4 Å². The average molecular weight is 279 g/mol. The van der Waals surface area contributed by atoms with Crippen molar-refractivity contribution >= 4 is 11.9 Å². The zero-order valence-electron chi connectivity index (χ0n) is 12.2. The van der Waals surface area contributed by atoms with Crippen LogP contribution in [0.2, 0.25) is 0 Å². The fraction of sp³-hybridized carbons (Fsp3) is 0.600. The number of carbonyl (C=O) groups is 2. The van der Waals surface area contributed by atoms with Crippen LogP contribution in [0, 0.1) is 19.3 Å². The number of nitrogens with zero attached hydrogens (tertiary/aromatic N) is 1. The van der Waals surface area contributed by atoms with Crippen LogP contribution in [0.5, 0.6) is 0 Å². The normalized spacial score (nSPS) is 22.2. The van der Waals surface area contributed by atoms with Gasteiger partial charge in [-0.1, -0.05) is 13.3 Å². The van der Waals surface area contributed by atoms with Gasteiger partial charge in [0.25, 0.3) is 5.91 Å². The summed E-state index contributed by atoms with van der Waals surface area (Å²) in [6.07, 6.45) is 1.94. The molecule has 2 heterocycles. The third kappa shape index (κ3) is 2.44. The first-order chi connectivity index (χ1) is 9.39. The van der Waals surface area contributed by atoms with Crippen molar-refractivity contribution in [1.29, 1.82) is 0 Å². The zero-order valence-corrected chi connectivity index (χ0v) is 12.2. The van der Waals surface area contributed by atoms with E-state index in [1.54, 1.807) is 24.8 Å². The maximum absolute atomic E-state index is 12.5. The smallest absolute Gasteiger partial charge is 0.311 e. The van der Waals surface area contributed by atoms with Crippen molar-refractivity contribution in [2.24, 2.45) is 5.41 Å². The molecule has 1 aromatic rings. The predicted octanol–water partition coefficient (Wildman–Crippen LogP) is 2.61. The molecule has 0 aliphatic carbocycles. The molecular weight excluding hydrogens is 258 g/mol. The topological polar surface area (TPSA) is 70.8 Å². The van der Waals surface area contributed by atoms with Crippen molar-refractivity contribution in [2.45, 2.75) is 40.0 Å². The maximum atomic E-state index is 12.5. The Morgan fingerprint density at radius 3 is 2.65 bits per heavy atom. The number of carboxylic acids is 1. The summed E-state index contributed by atoms with van der Waals surface area (Å²) in [6.45, 7) is 6.31. The summed E-state index contributed by atoms with van der Waals surface area (Å²) in [5.74, 6) is 0.368. The molecule has 1 atom stereocenters. The van der Waals surface area contributed by atoms with Crippen LogP contribution in [0.4, 0.5) is 0 Å². The first-order valence-corrected chi connectivity index (χ1v) is 6.99. The Hall–Kier alpha value is -1.78. The van der Waals surface area contributed by atoms with Gasteiger partial charge in [-0.3, -0.25) is 9.59 Å². The number of likely N-dealkylation sites (tertiary alicyclic amines) is 1. The van der Waals surface area contributed by atoms with Gasteiger partial charge in [-0.05, 0) is 32.8 Å². The Morgan fingerprint density at radius 2 is 2.15 bits per heavy atom. The molecule has 1 fully saturated rings. The van der Waals surface area contributed by atoms with Gasteiger partial charge in [0, 0.05) is 13.1 Å². The summed E-state index contributed by atoms with van der Waals surface area (Å²) in [5, 5.41) is 9.47. The van der Waals surface area contributed by atoms with Crippen LogP contribution in [-0.2, 0) is 4.79 Å². The van der Waals surface area contributed by atoms with Crippen molar-refractivity contribution < 1.29 is 19.1 Å². The molecule has 1 amide bonds. The molecule has 1 unspecified atom stereocenters. The van der Waals surface area contributed by atoms with Gasteiger partial charge in [0.1, 0.15) is 11.5 Å². The third-order valence-electron chi connectivity index (χ3n) is 4.09. The molecule has 110 valence electrons. The average Bonchev–Trinajstić information content (AvgIpc) is 2.94. The number of amides is 1. The van der Waals surface area contributed by atoms with Crippen LogP contribution >= 0.6 is 0 Å². The molecule has 1 aliphatic heterocycles. The highest BCUT2D eigenvalue weighted by Crippen LogP contribution is 2.36. The lowest BCUT2D eigenvalue weighted by Gasteiger charge is -2.24. The maximum Gasteiger partial charge on any atom is 0.311 e. The van der Waals surface area contributed by atoms with Crippen molar-refractivity contribution in [3.8, 4) is 0 Å². The van der Waals surface area contributed by atoms with Crippen LogP contribution in [-0.4, -0.2) is 35.0 Å². The third-order valence-corrected chi connectivity index (χ3v) is 4.09. The highest BCUT2D eigenvalue weighted by molar-refractivity contribution is 5.96. The molecule has 20 heavy (non-hydrogen) atoms. The molecule has 0 saturated carbocycles. The summed E-state index contributed by atoms with van der Waals surface area (Å²) in [4.78, 5) is 25.6. The minimum absolute atomic E-state index is 0.126. The Kier molecular flexibility index (Phi) is 3.88. The molecule has 0 radical (unpaired) electrons. The van der Waals surface area contributed by atoms with Gasteiger partial charge in [-0.25, -0.2) is 0 Å². The Morgan fingerprint density at radius 1 is 1.45 bits per heavy atom. The lowest BCUT2D eigenvalue weighted by atomic mass is 9.83. The van der Waals surface area contributed by atoms with E-state index >= 15 is 0 Å². The van der Waals surface area contributed by atoms with E-state index in [1.165, 1.54) is 0 Å². The molecule has 0 bridgehead atoms. The fourth-order valence-electron chi connectivity index (χ4n) is 3.02. The summed E-state index contributed by atoms with van der Waals surface area (Å²) >= 11 is 0. The number of rotatable bonds is 4. The van der Waals surface area contributed by atoms with Gasteiger partial charge in [0.2, 0.25) is 0 Å². The van der Waals surface area contributed by atoms with E-state index in [9.17, 15) is 14.7 Å². The molecule has 1 saturated heterocycles. The number of carboxylic acid groups (broad SMARTS) is 1. The number of hydrogen-bond donors (Lipinski definition) is 1. The fourth-order valence-corrected chi connectivity index (χ4v) is 3.02. The van der Waals surface area contributed by atoms with Crippen molar-refractivity contribution in [3.63, 3.8) is 0 Å². The Bertz CT molecular complexity index is 534. The molecule has 0 spiro atoms. The van der Waals surface area contributed by atoms with Crippen LogP contribution in [0.3, 0.4) is 0 Å². The number of aliphatic carboxylic acids is 1. The van der Waals surface area contributed by atoms with Crippen molar-refractivity contribution in [1.82, 2.24) is 4.90 Å². The molecule has 1 N–H and O–H groups in total. The highest BCUT2D eigenvalue weighted by Gasteiger charge is 2.45. The minimum atomic E-state index is -0.797. The minimum Gasteiger partial charge on any atom is -0.481 e. The molecule has 1 aliphatic rings. The van der Waals surface area contributed by atoms with Crippen molar-refractivity contribution in [3.05, 3.63) is 23.2 Å². The SMILES string of the molecule is CCCC1(C(=O)O)CCN(C(=O)c2cc(C)oc2C)C1. The van der Waals surface area contributed by atoms with Gasteiger partial charge in [-0.15, -0.1) is 0 Å². The van der Waals surface area contributed by atoms with E-state index in [4.69, 9.17) is 4.42 Å². The summed E-state index contributed by atoms with van der Waals surface area (Å²) in [5.41, 5.74) is -0.239. The first-order valence-electron chi connectivity index (χ1n) is 6.99. The summed E-state index contributed by atoms with van der Waals surface area (Å²) < 4.78 is 5.38. The van der Waals surface area contributed by atoms with Gasteiger partial charge >= 0.3 is 5.97 Å². The van der Waals surface area contributed by atoms with Crippen LogP contribution in [0.25, 0.3) is 0 Å². The number of hydrogen-bond acceptors (Lipinski definition) is 3. The van der Waals surface area contributed by atoms with E-state index in [-0.39, 0.29) is 5.91 Å². The Balaban J connectivity index is 2.18. The van der Waals surface area contributed by atoms with E-state index in [0.717, 1.165) is 6.42 Å². The monoisotopic (exact) mass is 279 g/mol. The highest BCUT2D eigenvalue weighted by atomic mass is 16.4. The lowest BCUT2D eigenvalue weighted by Crippen LogP contribution is -2.37.